The van der Waals surface area contributed by atoms with E-state index in [9.17, 15) is 13.6 Å². The van der Waals surface area contributed by atoms with Gasteiger partial charge in [-0.15, -0.1) is 0 Å². The van der Waals surface area contributed by atoms with E-state index in [-0.39, 0.29) is 11.6 Å². The van der Waals surface area contributed by atoms with Crippen LogP contribution in [0.4, 0.5) is 25.4 Å². The topological polar surface area (TPSA) is 80.5 Å². The van der Waals surface area contributed by atoms with Gasteiger partial charge in [0.05, 0.1) is 13.2 Å². The van der Waals surface area contributed by atoms with E-state index in [0.29, 0.717) is 41.9 Å². The number of carbonyl (C=O) groups is 1. The fraction of sp³-hybridized carbons (Fsp3) is 0.375. The van der Waals surface area contributed by atoms with Gasteiger partial charge in [-0.2, -0.15) is 0 Å². The van der Waals surface area contributed by atoms with E-state index < -0.39 is 11.6 Å². The number of hydrogen-bond acceptors (Lipinski definition) is 7. The predicted octanol–water partition coefficient (Wildman–Crippen LogP) is 2.65. The minimum Gasteiger partial charge on any atom is -0.382 e. The highest BCUT2D eigenvalue weighted by molar-refractivity contribution is 7.18. The van der Waals surface area contributed by atoms with Gasteiger partial charge < -0.3 is 15.8 Å². The molecule has 9 heteroatoms. The summed E-state index contributed by atoms with van der Waals surface area (Å²) in [6.45, 7) is 3.63. The van der Waals surface area contributed by atoms with Crippen molar-refractivity contribution in [3.8, 4) is 0 Å². The van der Waals surface area contributed by atoms with Crippen molar-refractivity contribution >= 4 is 33.8 Å². The molecule has 1 aliphatic rings. The number of aromatic nitrogens is 1. The lowest BCUT2D eigenvalue weighted by Crippen LogP contribution is -2.37. The highest BCUT2D eigenvalue weighted by Gasteiger charge is 2.18. The normalized spacial score (nSPS) is 15.3. The summed E-state index contributed by atoms with van der Waals surface area (Å²) < 4.78 is 31.5. The van der Waals surface area contributed by atoms with Gasteiger partial charge in [0.1, 0.15) is 10.7 Å². The Balaban J connectivity index is 1.62. The number of ketones is 1. The van der Waals surface area contributed by atoms with E-state index >= 15 is 0 Å². The molecule has 1 aromatic carbocycles. The number of halogens is 2. The molecule has 0 unspecified atom stereocenters. The van der Waals surface area contributed by atoms with Gasteiger partial charge in [0.2, 0.25) is 0 Å². The molecular weight excluding hydrogens is 350 g/mol. The molecule has 1 aromatic heterocycles. The molecule has 3 N–H and O–H groups in total. The highest BCUT2D eigenvalue weighted by Crippen LogP contribution is 2.29. The number of ether oxygens (including phenoxy) is 1. The molecule has 2 aromatic rings. The third-order valence-electron chi connectivity index (χ3n) is 3.84. The van der Waals surface area contributed by atoms with Crippen molar-refractivity contribution in [3.05, 3.63) is 34.7 Å². The van der Waals surface area contributed by atoms with Crippen LogP contribution in [-0.2, 0) is 4.74 Å². The van der Waals surface area contributed by atoms with Gasteiger partial charge in [0.15, 0.2) is 22.5 Å². The van der Waals surface area contributed by atoms with Crippen LogP contribution in [0.1, 0.15) is 16.1 Å². The molecule has 1 fully saturated rings. The Bertz CT molecular complexity index is 763. The second-order valence-electron chi connectivity index (χ2n) is 5.61. The fourth-order valence-electron chi connectivity index (χ4n) is 2.48. The van der Waals surface area contributed by atoms with Crippen LogP contribution in [0.25, 0.3) is 0 Å². The molecule has 1 aliphatic heterocycles. The minimum atomic E-state index is -0.962. The number of benzene rings is 1. The SMILES string of the molecule is Nc1nc(Nc2ccc(F)c(F)c2)sc1C(=O)CCN1CCOCC1. The maximum atomic E-state index is 13.2. The number of nitrogen functional groups attached to an aromatic ring is 1. The van der Waals surface area contributed by atoms with Crippen LogP contribution in [0.3, 0.4) is 0 Å². The molecular formula is C16H18F2N4O2S. The van der Waals surface area contributed by atoms with Gasteiger partial charge in [-0.1, -0.05) is 11.3 Å². The van der Waals surface area contributed by atoms with E-state index in [4.69, 9.17) is 10.5 Å². The number of nitrogens with zero attached hydrogens (tertiary/aromatic N) is 2. The largest absolute Gasteiger partial charge is 0.382 e. The number of anilines is 3. The van der Waals surface area contributed by atoms with Gasteiger partial charge in [0, 0.05) is 37.8 Å². The number of morpholine rings is 1. The molecule has 6 nitrogen and oxygen atoms in total. The Hall–Kier alpha value is -2.10. The summed E-state index contributed by atoms with van der Waals surface area (Å²) in [4.78, 5) is 19.0. The number of nitrogens with two attached hydrogens (primary N) is 1. The molecule has 0 bridgehead atoms. The van der Waals surface area contributed by atoms with E-state index in [1.807, 2.05) is 0 Å². The third-order valence-corrected chi connectivity index (χ3v) is 4.86. The minimum absolute atomic E-state index is 0.0835. The number of Topliss-reactive ketones (excluding diaryl/α,β-unsaturated/α-hetero) is 1. The van der Waals surface area contributed by atoms with E-state index in [0.717, 1.165) is 36.6 Å². The van der Waals surface area contributed by atoms with Crippen molar-refractivity contribution in [1.82, 2.24) is 9.88 Å². The zero-order chi connectivity index (χ0) is 17.8. The molecule has 3 rings (SSSR count). The van der Waals surface area contributed by atoms with Crippen LogP contribution in [-0.4, -0.2) is 48.5 Å². The molecule has 0 atom stereocenters. The molecule has 0 spiro atoms. The number of carbonyl (C=O) groups excluding carboxylic acids is 1. The summed E-state index contributed by atoms with van der Waals surface area (Å²) in [5.41, 5.74) is 6.16. The van der Waals surface area contributed by atoms with Crippen LogP contribution in [0.15, 0.2) is 18.2 Å². The first-order valence-electron chi connectivity index (χ1n) is 7.84. The molecule has 134 valence electrons. The van der Waals surface area contributed by atoms with Crippen molar-refractivity contribution in [2.45, 2.75) is 6.42 Å². The number of hydrogen-bond donors (Lipinski definition) is 2. The van der Waals surface area contributed by atoms with Gasteiger partial charge >= 0.3 is 0 Å². The molecule has 0 radical (unpaired) electrons. The van der Waals surface area contributed by atoms with E-state index in [1.54, 1.807) is 0 Å². The van der Waals surface area contributed by atoms with Crippen LogP contribution < -0.4 is 11.1 Å². The lowest BCUT2D eigenvalue weighted by Gasteiger charge is -2.26. The van der Waals surface area contributed by atoms with Gasteiger partial charge in [-0.3, -0.25) is 9.69 Å². The molecule has 25 heavy (non-hydrogen) atoms. The monoisotopic (exact) mass is 368 g/mol. The van der Waals surface area contributed by atoms with Gasteiger partial charge in [-0.05, 0) is 12.1 Å². The highest BCUT2D eigenvalue weighted by atomic mass is 32.1. The molecule has 0 aliphatic carbocycles. The Morgan fingerprint density at radius 2 is 2.08 bits per heavy atom. The fourth-order valence-corrected chi connectivity index (χ4v) is 3.35. The Morgan fingerprint density at radius 3 is 2.80 bits per heavy atom. The predicted molar refractivity (Wildman–Crippen MR) is 92.4 cm³/mol. The Kier molecular flexibility index (Phi) is 5.57. The smallest absolute Gasteiger partial charge is 0.189 e. The summed E-state index contributed by atoms with van der Waals surface area (Å²) in [6, 6.07) is 3.42. The van der Waals surface area contributed by atoms with Crippen molar-refractivity contribution < 1.29 is 18.3 Å². The Labute approximate surface area is 147 Å². The first-order valence-corrected chi connectivity index (χ1v) is 8.66. The van der Waals surface area contributed by atoms with Crippen molar-refractivity contribution in [3.63, 3.8) is 0 Å². The Morgan fingerprint density at radius 1 is 1.32 bits per heavy atom. The summed E-state index contributed by atoms with van der Waals surface area (Å²) in [6.07, 6.45) is 0.344. The average Bonchev–Trinajstić information content (AvgIpc) is 2.97. The quantitative estimate of drug-likeness (QED) is 0.763. The lowest BCUT2D eigenvalue weighted by atomic mass is 10.2. The summed E-state index contributed by atoms with van der Waals surface area (Å²) in [5.74, 6) is -1.83. The molecule has 1 saturated heterocycles. The summed E-state index contributed by atoms with van der Waals surface area (Å²) in [7, 11) is 0. The first-order chi connectivity index (χ1) is 12.0. The van der Waals surface area contributed by atoms with E-state index in [2.05, 4.69) is 15.2 Å². The van der Waals surface area contributed by atoms with Crippen molar-refractivity contribution in [2.24, 2.45) is 0 Å². The first kappa shape index (κ1) is 17.7. The average molecular weight is 368 g/mol. The third kappa shape index (κ3) is 4.50. The summed E-state index contributed by atoms with van der Waals surface area (Å²) in [5, 5.41) is 3.19. The lowest BCUT2D eigenvalue weighted by molar-refractivity contribution is 0.0370. The van der Waals surface area contributed by atoms with Gasteiger partial charge in [0.25, 0.3) is 0 Å². The maximum Gasteiger partial charge on any atom is 0.189 e. The van der Waals surface area contributed by atoms with Crippen LogP contribution in [0.2, 0.25) is 0 Å². The van der Waals surface area contributed by atoms with Crippen LogP contribution in [0, 0.1) is 11.6 Å². The van der Waals surface area contributed by atoms with Gasteiger partial charge in [-0.25, -0.2) is 13.8 Å². The molecule has 0 amide bonds. The van der Waals surface area contributed by atoms with Crippen LogP contribution >= 0.6 is 11.3 Å². The van der Waals surface area contributed by atoms with Crippen LogP contribution in [0.5, 0.6) is 0 Å². The van der Waals surface area contributed by atoms with Crippen molar-refractivity contribution in [2.75, 3.05) is 43.9 Å². The second-order valence-corrected chi connectivity index (χ2v) is 6.61. The second kappa shape index (κ2) is 7.85. The molecule has 2 heterocycles. The zero-order valence-corrected chi connectivity index (χ0v) is 14.2. The maximum absolute atomic E-state index is 13.2. The number of thiazole rings is 1. The number of nitrogens with one attached hydrogen (secondary N) is 1. The zero-order valence-electron chi connectivity index (χ0n) is 13.4. The summed E-state index contributed by atoms with van der Waals surface area (Å²) >= 11 is 1.10. The molecule has 0 saturated carbocycles. The van der Waals surface area contributed by atoms with E-state index in [1.165, 1.54) is 6.07 Å². The number of rotatable bonds is 6. The van der Waals surface area contributed by atoms with Crippen molar-refractivity contribution in [1.29, 1.82) is 0 Å². The standard InChI is InChI=1S/C16H18F2N4O2S/c17-11-2-1-10(9-12(11)18)20-16-21-15(19)14(25-16)13(23)3-4-22-5-7-24-8-6-22/h1-2,9H,3-8,19H2,(H,20,21).